The van der Waals surface area contributed by atoms with Crippen molar-refractivity contribution in [2.75, 3.05) is 0 Å². The Balaban J connectivity index is 1.49. The maximum atomic E-state index is 4.31. The summed E-state index contributed by atoms with van der Waals surface area (Å²) in [6.07, 6.45) is 3.78. The third-order valence-electron chi connectivity index (χ3n) is 8.97. The number of rotatable bonds is 3. The predicted molar refractivity (Wildman–Crippen MR) is 173 cm³/mol. The Bertz CT molecular complexity index is 2100. The molecule has 0 radical (unpaired) electrons. The zero-order valence-corrected chi connectivity index (χ0v) is 23.2. The van der Waals surface area contributed by atoms with E-state index in [1.807, 2.05) is 12.4 Å². The van der Waals surface area contributed by atoms with Gasteiger partial charge in [-0.15, -0.1) is 0 Å². The molecule has 1 nitrogen and oxygen atoms in total. The first-order valence-electron chi connectivity index (χ1n) is 14.3. The molecule has 7 aromatic rings. The van der Waals surface area contributed by atoms with Gasteiger partial charge in [0.25, 0.3) is 0 Å². The zero-order chi connectivity index (χ0) is 27.6. The standard InChI is InChI=1S/C40H29N/c1-40(2)36-15-9-8-12-30(36)34-25-29(17-19-37(34)40)39-32-14-7-6-13-31(32)38(27-20-22-41-23-21-27)33-18-16-28(24-35(33)39)26-10-4-3-5-11-26/h3-25H,1-2H3. The first kappa shape index (κ1) is 23.8. The van der Waals surface area contributed by atoms with Gasteiger partial charge in [-0.25, -0.2) is 0 Å². The number of pyridine rings is 1. The lowest BCUT2D eigenvalue weighted by Crippen LogP contribution is -2.14. The van der Waals surface area contributed by atoms with E-state index in [1.165, 1.54) is 77.2 Å². The van der Waals surface area contributed by atoms with Crippen LogP contribution in [0.4, 0.5) is 0 Å². The van der Waals surface area contributed by atoms with E-state index < -0.39 is 0 Å². The molecule has 0 aliphatic heterocycles. The summed E-state index contributed by atoms with van der Waals surface area (Å²) >= 11 is 0. The Morgan fingerprint density at radius 2 is 1.02 bits per heavy atom. The summed E-state index contributed by atoms with van der Waals surface area (Å²) in [6.45, 7) is 4.69. The van der Waals surface area contributed by atoms with E-state index in [0.29, 0.717) is 0 Å². The Morgan fingerprint density at radius 3 is 1.80 bits per heavy atom. The lowest BCUT2D eigenvalue weighted by atomic mass is 9.81. The molecule has 1 heteroatoms. The fraction of sp³-hybridized carbons (Fsp3) is 0.0750. The molecule has 8 rings (SSSR count). The van der Waals surface area contributed by atoms with Crippen LogP contribution in [0.1, 0.15) is 25.0 Å². The van der Waals surface area contributed by atoms with Crippen molar-refractivity contribution in [3.05, 3.63) is 151 Å². The van der Waals surface area contributed by atoms with Gasteiger partial charge in [-0.3, -0.25) is 4.98 Å². The van der Waals surface area contributed by atoms with Crippen molar-refractivity contribution >= 4 is 21.5 Å². The van der Waals surface area contributed by atoms with Gasteiger partial charge in [0, 0.05) is 17.8 Å². The maximum Gasteiger partial charge on any atom is 0.0273 e. The topological polar surface area (TPSA) is 12.9 Å². The third-order valence-corrected chi connectivity index (χ3v) is 8.97. The summed E-state index contributed by atoms with van der Waals surface area (Å²) in [5, 5.41) is 5.05. The van der Waals surface area contributed by atoms with Crippen LogP contribution in [0.2, 0.25) is 0 Å². The summed E-state index contributed by atoms with van der Waals surface area (Å²) in [5.74, 6) is 0. The second-order valence-electron chi connectivity index (χ2n) is 11.6. The number of aromatic nitrogens is 1. The molecule has 0 bridgehead atoms. The van der Waals surface area contributed by atoms with Crippen LogP contribution in [-0.2, 0) is 5.41 Å². The van der Waals surface area contributed by atoms with Crippen LogP contribution in [0.3, 0.4) is 0 Å². The van der Waals surface area contributed by atoms with Crippen molar-refractivity contribution in [2.24, 2.45) is 0 Å². The van der Waals surface area contributed by atoms with Gasteiger partial charge in [-0.1, -0.05) is 117 Å². The zero-order valence-electron chi connectivity index (χ0n) is 23.2. The van der Waals surface area contributed by atoms with E-state index in [0.717, 1.165) is 0 Å². The van der Waals surface area contributed by atoms with Gasteiger partial charge in [0.05, 0.1) is 0 Å². The normalized spacial score (nSPS) is 13.3. The summed E-state index contributed by atoms with van der Waals surface area (Å²) in [7, 11) is 0. The van der Waals surface area contributed by atoms with Crippen LogP contribution < -0.4 is 0 Å². The van der Waals surface area contributed by atoms with Gasteiger partial charge in [0.15, 0.2) is 0 Å². The second kappa shape index (κ2) is 9.01. The molecule has 0 atom stereocenters. The van der Waals surface area contributed by atoms with Crippen LogP contribution in [0, 0.1) is 0 Å². The summed E-state index contributed by atoms with van der Waals surface area (Å²) < 4.78 is 0. The van der Waals surface area contributed by atoms with Gasteiger partial charge in [0.2, 0.25) is 0 Å². The number of hydrogen-bond donors (Lipinski definition) is 0. The Hall–Kier alpha value is -5.01. The minimum absolute atomic E-state index is 0.0136. The van der Waals surface area contributed by atoms with Crippen LogP contribution in [0.25, 0.3) is 66.1 Å². The highest BCUT2D eigenvalue weighted by atomic mass is 14.6. The smallest absolute Gasteiger partial charge is 0.0273 e. The molecule has 1 heterocycles. The summed E-state index contributed by atoms with van der Waals surface area (Å²) in [6, 6.07) is 46.8. The third kappa shape index (κ3) is 3.59. The Kier molecular flexibility index (Phi) is 5.24. The number of hydrogen-bond acceptors (Lipinski definition) is 1. The van der Waals surface area contributed by atoms with Crippen molar-refractivity contribution in [1.82, 2.24) is 4.98 Å². The van der Waals surface area contributed by atoms with Crippen molar-refractivity contribution in [3.8, 4) is 44.5 Å². The predicted octanol–water partition coefficient (Wildman–Crippen LogP) is 10.7. The highest BCUT2D eigenvalue weighted by Gasteiger charge is 2.35. The second-order valence-corrected chi connectivity index (χ2v) is 11.6. The molecule has 6 aromatic carbocycles. The SMILES string of the molecule is CC1(C)c2ccccc2-c2cc(-c3c4ccccc4c(-c4ccncc4)c4ccc(-c5ccccc5)cc34)ccc21. The molecule has 0 saturated carbocycles. The van der Waals surface area contributed by atoms with Crippen molar-refractivity contribution in [1.29, 1.82) is 0 Å². The van der Waals surface area contributed by atoms with E-state index >= 15 is 0 Å². The maximum absolute atomic E-state index is 4.31. The van der Waals surface area contributed by atoms with E-state index in [2.05, 4.69) is 146 Å². The minimum Gasteiger partial charge on any atom is -0.265 e. The number of benzene rings is 6. The van der Waals surface area contributed by atoms with Crippen molar-refractivity contribution < 1.29 is 0 Å². The molecule has 1 aliphatic carbocycles. The van der Waals surface area contributed by atoms with Gasteiger partial charge in [-0.05, 0) is 101 Å². The quantitative estimate of drug-likeness (QED) is 0.210. The lowest BCUT2D eigenvalue weighted by molar-refractivity contribution is 0.660. The van der Waals surface area contributed by atoms with E-state index in [1.54, 1.807) is 0 Å². The molecule has 0 unspecified atom stereocenters. The summed E-state index contributed by atoms with van der Waals surface area (Å²) in [5.41, 5.74) is 12.9. The fourth-order valence-corrected chi connectivity index (χ4v) is 7.00. The molecule has 194 valence electrons. The van der Waals surface area contributed by atoms with Crippen molar-refractivity contribution in [3.63, 3.8) is 0 Å². The fourth-order valence-electron chi connectivity index (χ4n) is 7.00. The van der Waals surface area contributed by atoms with Crippen LogP contribution in [0.5, 0.6) is 0 Å². The minimum atomic E-state index is -0.0136. The van der Waals surface area contributed by atoms with Crippen LogP contribution in [-0.4, -0.2) is 4.98 Å². The molecular weight excluding hydrogens is 494 g/mol. The average molecular weight is 524 g/mol. The van der Waals surface area contributed by atoms with E-state index in [-0.39, 0.29) is 5.41 Å². The van der Waals surface area contributed by atoms with Gasteiger partial charge in [0.1, 0.15) is 0 Å². The molecule has 0 saturated heterocycles. The molecule has 1 aromatic heterocycles. The van der Waals surface area contributed by atoms with Gasteiger partial charge >= 0.3 is 0 Å². The molecule has 0 fully saturated rings. The average Bonchev–Trinajstić information content (AvgIpc) is 3.26. The highest BCUT2D eigenvalue weighted by Crippen LogP contribution is 2.51. The Labute approximate surface area is 240 Å². The van der Waals surface area contributed by atoms with E-state index in [9.17, 15) is 0 Å². The van der Waals surface area contributed by atoms with Crippen LogP contribution >= 0.6 is 0 Å². The highest BCUT2D eigenvalue weighted by molar-refractivity contribution is 6.22. The Morgan fingerprint density at radius 1 is 0.415 bits per heavy atom. The molecule has 0 spiro atoms. The first-order chi connectivity index (χ1) is 20.1. The summed E-state index contributed by atoms with van der Waals surface area (Å²) in [4.78, 5) is 4.31. The molecular formula is C40H29N. The molecule has 0 N–H and O–H groups in total. The molecule has 1 aliphatic rings. The van der Waals surface area contributed by atoms with Crippen LogP contribution in [0.15, 0.2) is 140 Å². The number of nitrogens with zero attached hydrogens (tertiary/aromatic N) is 1. The van der Waals surface area contributed by atoms with Gasteiger partial charge in [-0.2, -0.15) is 0 Å². The monoisotopic (exact) mass is 523 g/mol. The molecule has 41 heavy (non-hydrogen) atoms. The lowest BCUT2D eigenvalue weighted by Gasteiger charge is -2.22. The first-order valence-corrected chi connectivity index (χ1v) is 14.3. The van der Waals surface area contributed by atoms with Gasteiger partial charge < -0.3 is 0 Å². The van der Waals surface area contributed by atoms with Crippen molar-refractivity contribution in [2.45, 2.75) is 19.3 Å². The largest absolute Gasteiger partial charge is 0.265 e. The van der Waals surface area contributed by atoms with E-state index in [4.69, 9.17) is 0 Å². The molecule has 0 amide bonds. The number of fused-ring (bicyclic) bond motifs is 5.